The lowest BCUT2D eigenvalue weighted by molar-refractivity contribution is 0.0934. The van der Waals surface area contributed by atoms with E-state index in [1.54, 1.807) is 50.2 Å². The summed E-state index contributed by atoms with van der Waals surface area (Å²) in [4.78, 5) is 12.8. The number of carbonyl (C=O) groups is 1. The molecule has 0 saturated carbocycles. The molecule has 0 radical (unpaired) electrons. The summed E-state index contributed by atoms with van der Waals surface area (Å²) >= 11 is 0. The molecule has 1 unspecified atom stereocenters. The maximum absolute atomic E-state index is 12.6. The Balaban J connectivity index is 1.69. The highest BCUT2D eigenvalue weighted by Gasteiger charge is 2.22. The molecule has 1 aromatic carbocycles. The van der Waals surface area contributed by atoms with Crippen LogP contribution in [0.25, 0.3) is 11.5 Å². The van der Waals surface area contributed by atoms with Crippen molar-refractivity contribution in [3.8, 4) is 11.5 Å². The number of rotatable bonds is 8. The fourth-order valence-corrected chi connectivity index (χ4v) is 4.60. The molecule has 1 amide bonds. The Labute approximate surface area is 176 Å². The van der Waals surface area contributed by atoms with E-state index in [0.717, 1.165) is 11.3 Å². The van der Waals surface area contributed by atoms with Crippen LogP contribution in [0.1, 0.15) is 48.6 Å². The smallest absolute Gasteiger partial charge is 0.272 e. The lowest BCUT2D eigenvalue weighted by atomic mass is 10.1. The van der Waals surface area contributed by atoms with Crippen LogP contribution in [0.15, 0.2) is 51.8 Å². The second-order valence-corrected chi connectivity index (χ2v) is 8.87. The Morgan fingerprint density at radius 3 is 2.40 bits per heavy atom. The summed E-state index contributed by atoms with van der Waals surface area (Å²) in [5, 5.41) is 9.72. The van der Waals surface area contributed by atoms with Gasteiger partial charge in [0.2, 0.25) is 10.0 Å². The first kappa shape index (κ1) is 21.8. The van der Waals surface area contributed by atoms with Gasteiger partial charge in [0, 0.05) is 19.2 Å². The molecule has 0 fully saturated rings. The molecule has 2 aromatic heterocycles. The van der Waals surface area contributed by atoms with Crippen molar-refractivity contribution in [3.63, 3.8) is 0 Å². The van der Waals surface area contributed by atoms with Gasteiger partial charge in [-0.2, -0.15) is 9.40 Å². The Hall–Kier alpha value is -2.91. The first-order valence-corrected chi connectivity index (χ1v) is 11.2. The number of benzene rings is 1. The summed E-state index contributed by atoms with van der Waals surface area (Å²) in [6, 6.07) is 11.5. The largest absolute Gasteiger partial charge is 0.460 e. The number of hydrogen-bond acceptors (Lipinski definition) is 5. The number of aryl methyl sites for hydroxylation is 1. The number of aromatic amines is 1. The zero-order valence-corrected chi connectivity index (χ0v) is 18.3. The number of amides is 1. The summed E-state index contributed by atoms with van der Waals surface area (Å²) in [7, 11) is -3.51. The lowest BCUT2D eigenvalue weighted by Gasteiger charge is -2.19. The van der Waals surface area contributed by atoms with E-state index < -0.39 is 10.0 Å². The third-order valence-electron chi connectivity index (χ3n) is 4.89. The van der Waals surface area contributed by atoms with E-state index in [9.17, 15) is 13.2 Å². The van der Waals surface area contributed by atoms with Crippen LogP contribution in [0.4, 0.5) is 0 Å². The van der Waals surface area contributed by atoms with Crippen molar-refractivity contribution in [2.75, 3.05) is 13.1 Å². The zero-order valence-electron chi connectivity index (χ0n) is 17.5. The molecular weight excluding hydrogens is 404 g/mol. The molecule has 0 saturated heterocycles. The standard InChI is InChI=1S/C21H26N4O4S/c1-5-25(6-2)30(27,28)17-10-8-16(9-11-17)15(4)22-21(26)19-13-18(23-24-19)20-12-7-14(3)29-20/h7-13,15H,5-6H2,1-4H3,(H,22,26)(H,23,24). The number of furan rings is 1. The molecule has 2 N–H and O–H groups in total. The van der Waals surface area contributed by atoms with E-state index in [0.29, 0.717) is 24.5 Å². The molecule has 0 aliphatic carbocycles. The molecule has 0 aliphatic rings. The van der Waals surface area contributed by atoms with Crippen LogP contribution in [0.2, 0.25) is 0 Å². The van der Waals surface area contributed by atoms with Gasteiger partial charge in [-0.3, -0.25) is 9.89 Å². The molecule has 0 spiro atoms. The molecule has 0 bridgehead atoms. The summed E-state index contributed by atoms with van der Waals surface area (Å²) < 4.78 is 32.1. The van der Waals surface area contributed by atoms with Crippen molar-refractivity contribution in [2.45, 2.75) is 38.6 Å². The predicted molar refractivity (Wildman–Crippen MR) is 113 cm³/mol. The van der Waals surface area contributed by atoms with Gasteiger partial charge >= 0.3 is 0 Å². The van der Waals surface area contributed by atoms with Crippen molar-refractivity contribution in [1.29, 1.82) is 0 Å². The van der Waals surface area contributed by atoms with Gasteiger partial charge in [-0.25, -0.2) is 8.42 Å². The number of H-pyrrole nitrogens is 1. The minimum Gasteiger partial charge on any atom is -0.460 e. The molecule has 3 rings (SSSR count). The van der Waals surface area contributed by atoms with Crippen LogP contribution in [0.3, 0.4) is 0 Å². The molecule has 8 nitrogen and oxygen atoms in total. The second kappa shape index (κ2) is 8.85. The minimum atomic E-state index is -3.51. The predicted octanol–water partition coefficient (Wildman–Crippen LogP) is 3.50. The summed E-state index contributed by atoms with van der Waals surface area (Å²) in [6.07, 6.45) is 0. The van der Waals surface area contributed by atoms with Gasteiger partial charge in [0.1, 0.15) is 11.5 Å². The quantitative estimate of drug-likeness (QED) is 0.569. The van der Waals surface area contributed by atoms with Crippen molar-refractivity contribution >= 4 is 15.9 Å². The topological polar surface area (TPSA) is 108 Å². The minimum absolute atomic E-state index is 0.235. The average Bonchev–Trinajstić information content (AvgIpc) is 3.38. The number of sulfonamides is 1. The molecule has 160 valence electrons. The van der Waals surface area contributed by atoms with Crippen molar-refractivity contribution in [2.24, 2.45) is 0 Å². The molecule has 0 aliphatic heterocycles. The number of nitrogens with one attached hydrogen (secondary N) is 2. The normalized spacial score (nSPS) is 12.8. The van der Waals surface area contributed by atoms with Gasteiger partial charge in [-0.1, -0.05) is 26.0 Å². The second-order valence-electron chi connectivity index (χ2n) is 6.93. The van der Waals surface area contributed by atoms with E-state index in [2.05, 4.69) is 15.5 Å². The molecule has 3 aromatic rings. The summed E-state index contributed by atoms with van der Waals surface area (Å²) in [6.45, 7) is 8.11. The Morgan fingerprint density at radius 2 is 1.83 bits per heavy atom. The van der Waals surface area contributed by atoms with Crippen LogP contribution in [0.5, 0.6) is 0 Å². The van der Waals surface area contributed by atoms with Gasteiger partial charge < -0.3 is 9.73 Å². The Morgan fingerprint density at radius 1 is 1.17 bits per heavy atom. The SMILES string of the molecule is CCN(CC)S(=O)(=O)c1ccc(C(C)NC(=O)c2cc(-c3ccc(C)o3)[nH]n2)cc1. The molecule has 2 heterocycles. The van der Waals surface area contributed by atoms with Gasteiger partial charge in [0.05, 0.1) is 10.9 Å². The Bertz CT molecular complexity index is 1110. The van der Waals surface area contributed by atoms with E-state index >= 15 is 0 Å². The van der Waals surface area contributed by atoms with Gasteiger partial charge in [-0.05, 0) is 43.7 Å². The highest BCUT2D eigenvalue weighted by molar-refractivity contribution is 7.89. The molecular formula is C21H26N4O4S. The highest BCUT2D eigenvalue weighted by atomic mass is 32.2. The van der Waals surface area contributed by atoms with Crippen LogP contribution in [-0.4, -0.2) is 41.9 Å². The first-order chi connectivity index (χ1) is 14.3. The third kappa shape index (κ3) is 4.47. The van der Waals surface area contributed by atoms with Crippen molar-refractivity contribution < 1.29 is 17.6 Å². The van der Waals surface area contributed by atoms with E-state index in [4.69, 9.17) is 4.42 Å². The monoisotopic (exact) mass is 430 g/mol. The molecule has 1 atom stereocenters. The van der Waals surface area contributed by atoms with Gasteiger partial charge in [-0.15, -0.1) is 0 Å². The number of aromatic nitrogens is 2. The zero-order chi connectivity index (χ0) is 21.9. The highest BCUT2D eigenvalue weighted by Crippen LogP contribution is 2.22. The third-order valence-corrected chi connectivity index (χ3v) is 6.95. The van der Waals surface area contributed by atoms with E-state index in [1.165, 1.54) is 4.31 Å². The van der Waals surface area contributed by atoms with Crippen LogP contribution < -0.4 is 5.32 Å². The fraction of sp³-hybridized carbons (Fsp3) is 0.333. The lowest BCUT2D eigenvalue weighted by Crippen LogP contribution is -2.30. The summed E-state index contributed by atoms with van der Waals surface area (Å²) in [5.74, 6) is 1.04. The first-order valence-electron chi connectivity index (χ1n) is 9.79. The number of nitrogens with zero attached hydrogens (tertiary/aromatic N) is 2. The fourth-order valence-electron chi connectivity index (χ4n) is 3.14. The van der Waals surface area contributed by atoms with Crippen LogP contribution in [0, 0.1) is 6.92 Å². The summed E-state index contributed by atoms with van der Waals surface area (Å²) in [5.41, 5.74) is 1.65. The van der Waals surface area contributed by atoms with Gasteiger partial charge in [0.15, 0.2) is 11.5 Å². The number of carbonyl (C=O) groups excluding carboxylic acids is 1. The van der Waals surface area contributed by atoms with Crippen molar-refractivity contribution in [1.82, 2.24) is 19.8 Å². The average molecular weight is 431 g/mol. The number of hydrogen-bond donors (Lipinski definition) is 2. The molecule has 30 heavy (non-hydrogen) atoms. The Kier molecular flexibility index (Phi) is 6.42. The van der Waals surface area contributed by atoms with Crippen LogP contribution in [-0.2, 0) is 10.0 Å². The molecule has 9 heteroatoms. The van der Waals surface area contributed by atoms with E-state index in [1.807, 2.05) is 19.9 Å². The van der Waals surface area contributed by atoms with Crippen LogP contribution >= 0.6 is 0 Å². The van der Waals surface area contributed by atoms with Crippen molar-refractivity contribution in [3.05, 3.63) is 59.5 Å². The maximum atomic E-state index is 12.6. The van der Waals surface area contributed by atoms with Gasteiger partial charge in [0.25, 0.3) is 5.91 Å². The maximum Gasteiger partial charge on any atom is 0.272 e. The van der Waals surface area contributed by atoms with E-state index in [-0.39, 0.29) is 22.5 Å².